The molecule has 3 nitrogen and oxygen atoms in total. The van der Waals surface area contributed by atoms with Gasteiger partial charge in [0.15, 0.2) is 0 Å². The number of benzene rings is 1. The molecule has 1 heterocycles. The molecule has 0 bridgehead atoms. The molecule has 0 amide bonds. The molecule has 2 N–H and O–H groups in total. The third-order valence-electron chi connectivity index (χ3n) is 2.66. The van der Waals surface area contributed by atoms with E-state index in [-0.39, 0.29) is 6.04 Å². The zero-order valence-electron chi connectivity index (χ0n) is 9.86. The molecule has 2 aromatic rings. The first kappa shape index (κ1) is 13.7. The zero-order valence-corrected chi connectivity index (χ0v) is 12.2. The molecule has 6 heteroatoms. The Kier molecular flexibility index (Phi) is 4.56. The lowest BCUT2D eigenvalue weighted by molar-refractivity contribution is 0.814. The van der Waals surface area contributed by atoms with Crippen LogP contribution >= 0.6 is 34.7 Å². The van der Waals surface area contributed by atoms with Crippen LogP contribution in [0, 0.1) is 0 Å². The van der Waals surface area contributed by atoms with E-state index in [4.69, 9.17) is 28.9 Å². The molecule has 1 unspecified atom stereocenters. The lowest BCUT2D eigenvalue weighted by Gasteiger charge is -2.11. The van der Waals surface area contributed by atoms with Crippen LogP contribution in [-0.2, 0) is 6.42 Å². The molecule has 0 aliphatic rings. The highest BCUT2D eigenvalue weighted by atomic mass is 35.5. The van der Waals surface area contributed by atoms with Crippen LogP contribution in [0.2, 0.25) is 10.0 Å². The standard InChI is InChI=1S/C12H13Cl2N3S/c1-2-3-10-12(18-17-16-10)11(15)7-4-5-8(13)9(14)6-7/h4-6,11H,2-3,15H2,1H3. The number of halogens is 2. The predicted octanol–water partition coefficient (Wildman–Crippen LogP) is 3.85. The predicted molar refractivity (Wildman–Crippen MR) is 76.4 cm³/mol. The second kappa shape index (κ2) is 5.97. The zero-order chi connectivity index (χ0) is 13.1. The lowest BCUT2D eigenvalue weighted by atomic mass is 10.0. The Labute approximate surface area is 120 Å². The third-order valence-corrected chi connectivity index (χ3v) is 4.25. The van der Waals surface area contributed by atoms with Crippen molar-refractivity contribution in [3.8, 4) is 0 Å². The van der Waals surface area contributed by atoms with E-state index >= 15 is 0 Å². The minimum atomic E-state index is -0.249. The average molecular weight is 302 g/mol. The molecule has 0 radical (unpaired) electrons. The van der Waals surface area contributed by atoms with Gasteiger partial charge in [0.1, 0.15) is 0 Å². The quantitative estimate of drug-likeness (QED) is 0.933. The van der Waals surface area contributed by atoms with E-state index in [1.807, 2.05) is 6.07 Å². The summed E-state index contributed by atoms with van der Waals surface area (Å²) in [6, 6.07) is 5.19. The van der Waals surface area contributed by atoms with Crippen LogP contribution in [0.15, 0.2) is 18.2 Å². The van der Waals surface area contributed by atoms with Gasteiger partial charge in [-0.05, 0) is 35.6 Å². The third kappa shape index (κ3) is 2.83. The molecular weight excluding hydrogens is 289 g/mol. The van der Waals surface area contributed by atoms with Crippen molar-refractivity contribution < 1.29 is 0 Å². The number of aromatic nitrogens is 2. The SMILES string of the molecule is CCCc1nnsc1C(N)c1ccc(Cl)c(Cl)c1. The monoisotopic (exact) mass is 301 g/mol. The van der Waals surface area contributed by atoms with Crippen LogP contribution < -0.4 is 5.73 Å². The van der Waals surface area contributed by atoms with Gasteiger partial charge in [0.25, 0.3) is 0 Å². The summed E-state index contributed by atoms with van der Waals surface area (Å²) in [6.45, 7) is 2.10. The van der Waals surface area contributed by atoms with E-state index in [0.29, 0.717) is 10.0 Å². The van der Waals surface area contributed by atoms with Crippen LogP contribution in [0.3, 0.4) is 0 Å². The molecule has 0 spiro atoms. The number of aryl methyl sites for hydroxylation is 1. The molecule has 1 aromatic carbocycles. The van der Waals surface area contributed by atoms with Crippen molar-refractivity contribution in [2.45, 2.75) is 25.8 Å². The van der Waals surface area contributed by atoms with Crippen LogP contribution in [0.1, 0.15) is 35.5 Å². The fourth-order valence-corrected chi connectivity index (χ4v) is 2.75. The van der Waals surface area contributed by atoms with Gasteiger partial charge in [0, 0.05) is 0 Å². The largest absolute Gasteiger partial charge is 0.319 e. The first-order valence-corrected chi connectivity index (χ1v) is 7.18. The fourth-order valence-electron chi connectivity index (χ4n) is 1.72. The van der Waals surface area contributed by atoms with Crippen LogP contribution in [0.25, 0.3) is 0 Å². The van der Waals surface area contributed by atoms with Crippen molar-refractivity contribution in [1.29, 1.82) is 0 Å². The molecule has 18 heavy (non-hydrogen) atoms. The maximum absolute atomic E-state index is 6.24. The Morgan fingerprint density at radius 2 is 2.11 bits per heavy atom. The summed E-state index contributed by atoms with van der Waals surface area (Å²) >= 11 is 13.2. The number of nitrogens with zero attached hydrogens (tertiary/aromatic N) is 2. The second-order valence-electron chi connectivity index (χ2n) is 3.99. The highest BCUT2D eigenvalue weighted by Gasteiger charge is 2.17. The van der Waals surface area contributed by atoms with Crippen molar-refractivity contribution in [2.75, 3.05) is 0 Å². The average Bonchev–Trinajstić information content (AvgIpc) is 2.80. The summed E-state index contributed by atoms with van der Waals surface area (Å²) < 4.78 is 3.98. The van der Waals surface area contributed by atoms with Gasteiger partial charge >= 0.3 is 0 Å². The number of hydrogen-bond acceptors (Lipinski definition) is 4. The van der Waals surface area contributed by atoms with Crippen molar-refractivity contribution in [1.82, 2.24) is 9.59 Å². The summed E-state index contributed by atoms with van der Waals surface area (Å²) in [7, 11) is 0. The number of rotatable bonds is 4. The van der Waals surface area contributed by atoms with Crippen molar-refractivity contribution >= 4 is 34.7 Å². The summed E-state index contributed by atoms with van der Waals surface area (Å²) in [4.78, 5) is 0.996. The molecule has 0 aliphatic heterocycles. The van der Waals surface area contributed by atoms with E-state index in [2.05, 4.69) is 16.5 Å². The van der Waals surface area contributed by atoms with Gasteiger partial charge in [-0.1, -0.05) is 47.1 Å². The Balaban J connectivity index is 2.32. The molecule has 1 atom stereocenters. The van der Waals surface area contributed by atoms with Gasteiger partial charge in [0.2, 0.25) is 0 Å². The van der Waals surface area contributed by atoms with Gasteiger partial charge < -0.3 is 5.73 Å². The van der Waals surface area contributed by atoms with Gasteiger partial charge in [-0.15, -0.1) is 5.10 Å². The minimum absolute atomic E-state index is 0.249. The molecular formula is C12H13Cl2N3S. The topological polar surface area (TPSA) is 51.8 Å². The van der Waals surface area contributed by atoms with Gasteiger partial charge in [-0.2, -0.15) is 0 Å². The van der Waals surface area contributed by atoms with Crippen LogP contribution in [0.5, 0.6) is 0 Å². The maximum atomic E-state index is 6.24. The smallest absolute Gasteiger partial charge is 0.0807 e. The minimum Gasteiger partial charge on any atom is -0.319 e. The Bertz CT molecular complexity index is 542. The van der Waals surface area contributed by atoms with Gasteiger partial charge in [-0.25, -0.2) is 0 Å². The summed E-state index contributed by atoms with van der Waals surface area (Å²) in [5, 5.41) is 5.17. The maximum Gasteiger partial charge on any atom is 0.0807 e. The van der Waals surface area contributed by atoms with E-state index < -0.39 is 0 Å². The Morgan fingerprint density at radius 3 is 2.78 bits per heavy atom. The molecule has 0 saturated carbocycles. The van der Waals surface area contributed by atoms with E-state index in [0.717, 1.165) is 29.0 Å². The highest BCUT2D eigenvalue weighted by molar-refractivity contribution is 7.05. The number of hydrogen-bond donors (Lipinski definition) is 1. The first-order valence-electron chi connectivity index (χ1n) is 5.65. The molecule has 1 aromatic heterocycles. The van der Waals surface area contributed by atoms with Crippen molar-refractivity contribution in [3.63, 3.8) is 0 Å². The normalized spacial score (nSPS) is 12.7. The second-order valence-corrected chi connectivity index (χ2v) is 5.59. The van der Waals surface area contributed by atoms with Gasteiger partial charge in [0.05, 0.1) is 26.7 Å². The highest BCUT2D eigenvalue weighted by Crippen LogP contribution is 2.30. The van der Waals surface area contributed by atoms with Gasteiger partial charge in [-0.3, -0.25) is 0 Å². The van der Waals surface area contributed by atoms with E-state index in [9.17, 15) is 0 Å². The summed E-state index contributed by atoms with van der Waals surface area (Å²) in [6.07, 6.45) is 1.91. The Hall–Kier alpha value is -0.680. The Morgan fingerprint density at radius 1 is 1.33 bits per heavy atom. The summed E-state index contributed by atoms with van der Waals surface area (Å²) in [5.74, 6) is 0. The number of nitrogens with two attached hydrogens (primary N) is 1. The molecule has 0 aliphatic carbocycles. The van der Waals surface area contributed by atoms with Crippen molar-refractivity contribution in [2.24, 2.45) is 5.73 Å². The van der Waals surface area contributed by atoms with Crippen LogP contribution in [0.4, 0.5) is 0 Å². The van der Waals surface area contributed by atoms with E-state index in [1.165, 1.54) is 11.5 Å². The first-order chi connectivity index (χ1) is 8.63. The fraction of sp³-hybridized carbons (Fsp3) is 0.333. The molecule has 0 saturated heterocycles. The summed E-state index contributed by atoms with van der Waals surface area (Å²) in [5.41, 5.74) is 8.14. The molecule has 2 rings (SSSR count). The lowest BCUT2D eigenvalue weighted by Crippen LogP contribution is -2.12. The molecule has 96 valence electrons. The van der Waals surface area contributed by atoms with Crippen LogP contribution in [-0.4, -0.2) is 9.59 Å². The van der Waals surface area contributed by atoms with E-state index in [1.54, 1.807) is 12.1 Å². The van der Waals surface area contributed by atoms with Crippen molar-refractivity contribution in [3.05, 3.63) is 44.4 Å². The molecule has 0 fully saturated rings.